The van der Waals surface area contributed by atoms with Gasteiger partial charge in [0.15, 0.2) is 0 Å². The van der Waals surface area contributed by atoms with Crippen LogP contribution in [0.15, 0.2) is 42.6 Å². The largest absolute Gasteiger partial charge is 0.507 e. The summed E-state index contributed by atoms with van der Waals surface area (Å²) in [6.07, 6.45) is 1.47. The van der Waals surface area contributed by atoms with Crippen molar-refractivity contribution in [3.63, 3.8) is 0 Å². The van der Waals surface area contributed by atoms with Crippen molar-refractivity contribution >= 4 is 40.4 Å². The van der Waals surface area contributed by atoms with Gasteiger partial charge in [0.05, 0.1) is 5.57 Å². The van der Waals surface area contributed by atoms with Crippen LogP contribution in [-0.4, -0.2) is 22.1 Å². The molecule has 1 amide bonds. The Morgan fingerprint density at radius 3 is 2.74 bits per heavy atom. The summed E-state index contributed by atoms with van der Waals surface area (Å²) < 4.78 is 0. The van der Waals surface area contributed by atoms with Gasteiger partial charge in [0.1, 0.15) is 11.3 Å². The Hall–Kier alpha value is -2.99. The second-order valence-corrected chi connectivity index (χ2v) is 5.32. The molecule has 1 aliphatic heterocycles. The van der Waals surface area contributed by atoms with Crippen molar-refractivity contribution in [1.82, 2.24) is 0 Å². The van der Waals surface area contributed by atoms with Gasteiger partial charge in [0.25, 0.3) is 5.91 Å². The average Bonchev–Trinajstić information content (AvgIpc) is 2.81. The molecule has 6 nitrogen and oxygen atoms in total. The predicted molar refractivity (Wildman–Crippen MR) is 86.7 cm³/mol. The predicted octanol–water partition coefficient (Wildman–Crippen LogP) is 3.15. The van der Waals surface area contributed by atoms with Crippen LogP contribution < -0.4 is 10.6 Å². The third-order valence-electron chi connectivity index (χ3n) is 3.37. The number of carboxylic acids is 1. The molecular formula is C16H11ClN2O4. The molecule has 116 valence electrons. The lowest BCUT2D eigenvalue weighted by atomic mass is 10.1. The van der Waals surface area contributed by atoms with E-state index in [1.54, 1.807) is 18.2 Å². The summed E-state index contributed by atoms with van der Waals surface area (Å²) >= 11 is 5.95. The van der Waals surface area contributed by atoms with E-state index in [-0.39, 0.29) is 17.2 Å². The van der Waals surface area contributed by atoms with E-state index in [0.717, 1.165) is 0 Å². The summed E-state index contributed by atoms with van der Waals surface area (Å²) in [6.45, 7) is 0. The first-order valence-corrected chi connectivity index (χ1v) is 6.98. The number of benzene rings is 2. The Kier molecular flexibility index (Phi) is 3.67. The summed E-state index contributed by atoms with van der Waals surface area (Å²) in [6, 6.07) is 9.10. The maximum absolute atomic E-state index is 12.0. The van der Waals surface area contributed by atoms with E-state index in [9.17, 15) is 14.7 Å². The topological polar surface area (TPSA) is 98.7 Å². The number of aromatic hydroxyl groups is 1. The number of carboxylic acid groups (broad SMARTS) is 1. The fourth-order valence-corrected chi connectivity index (χ4v) is 2.43. The summed E-state index contributed by atoms with van der Waals surface area (Å²) in [5.74, 6) is -1.85. The molecule has 23 heavy (non-hydrogen) atoms. The van der Waals surface area contributed by atoms with E-state index in [1.807, 2.05) is 0 Å². The summed E-state index contributed by atoms with van der Waals surface area (Å²) in [5, 5.41) is 24.5. The van der Waals surface area contributed by atoms with E-state index in [1.165, 1.54) is 24.4 Å². The number of aromatic carboxylic acids is 1. The molecule has 0 aromatic heterocycles. The number of phenols is 1. The van der Waals surface area contributed by atoms with Gasteiger partial charge in [-0.3, -0.25) is 4.79 Å². The smallest absolute Gasteiger partial charge is 0.339 e. The van der Waals surface area contributed by atoms with E-state index >= 15 is 0 Å². The number of hydrogen-bond donors (Lipinski definition) is 4. The molecule has 0 saturated heterocycles. The Morgan fingerprint density at radius 2 is 2.00 bits per heavy atom. The highest BCUT2D eigenvalue weighted by atomic mass is 35.5. The van der Waals surface area contributed by atoms with E-state index in [0.29, 0.717) is 27.5 Å². The number of hydrogen-bond acceptors (Lipinski definition) is 4. The molecule has 0 unspecified atom stereocenters. The summed E-state index contributed by atoms with van der Waals surface area (Å²) in [7, 11) is 0. The van der Waals surface area contributed by atoms with Crippen LogP contribution in [0, 0.1) is 0 Å². The van der Waals surface area contributed by atoms with Gasteiger partial charge in [-0.2, -0.15) is 0 Å². The number of nitrogens with one attached hydrogen (secondary N) is 2. The summed E-state index contributed by atoms with van der Waals surface area (Å²) in [4.78, 5) is 23.0. The molecule has 2 aromatic rings. The number of amides is 1. The van der Waals surface area contributed by atoms with Crippen LogP contribution in [0.25, 0.3) is 5.57 Å². The van der Waals surface area contributed by atoms with E-state index in [2.05, 4.69) is 10.6 Å². The number of anilines is 2. The number of carbonyl (C=O) groups excluding carboxylic acids is 1. The number of halogens is 1. The SMILES string of the molecule is O=C1Nc2ccc(Cl)cc2/C1=C/Nc1ccc(O)c(C(=O)O)c1. The highest BCUT2D eigenvalue weighted by Crippen LogP contribution is 2.33. The normalized spacial score (nSPS) is 14.5. The fraction of sp³-hybridized carbons (Fsp3) is 0. The third-order valence-corrected chi connectivity index (χ3v) is 3.61. The van der Waals surface area contributed by atoms with Crippen molar-refractivity contribution in [2.75, 3.05) is 10.6 Å². The van der Waals surface area contributed by atoms with Crippen molar-refractivity contribution in [3.05, 3.63) is 58.7 Å². The minimum absolute atomic E-state index is 0.229. The molecule has 0 radical (unpaired) electrons. The molecule has 0 atom stereocenters. The minimum atomic E-state index is -1.24. The number of fused-ring (bicyclic) bond motifs is 1. The molecule has 1 heterocycles. The molecule has 0 saturated carbocycles. The Bertz CT molecular complexity index is 861. The van der Waals surface area contributed by atoms with Crippen LogP contribution in [0.4, 0.5) is 11.4 Å². The maximum Gasteiger partial charge on any atom is 0.339 e. The second kappa shape index (κ2) is 5.66. The van der Waals surface area contributed by atoms with Crippen molar-refractivity contribution in [2.24, 2.45) is 0 Å². The molecule has 0 fully saturated rings. The van der Waals surface area contributed by atoms with E-state index < -0.39 is 5.97 Å². The van der Waals surface area contributed by atoms with Crippen molar-refractivity contribution < 1.29 is 19.8 Å². The van der Waals surface area contributed by atoms with Gasteiger partial charge >= 0.3 is 5.97 Å². The molecule has 0 aliphatic carbocycles. The Balaban J connectivity index is 1.92. The highest BCUT2D eigenvalue weighted by molar-refractivity contribution is 6.34. The molecule has 1 aliphatic rings. The van der Waals surface area contributed by atoms with Gasteiger partial charge in [-0.1, -0.05) is 11.6 Å². The molecule has 7 heteroatoms. The fourth-order valence-electron chi connectivity index (χ4n) is 2.26. The molecule has 3 rings (SSSR count). The van der Waals surface area contributed by atoms with Gasteiger partial charge in [-0.05, 0) is 36.4 Å². The number of carbonyl (C=O) groups is 2. The highest BCUT2D eigenvalue weighted by Gasteiger charge is 2.24. The van der Waals surface area contributed by atoms with Crippen LogP contribution >= 0.6 is 11.6 Å². The molecule has 4 N–H and O–H groups in total. The third kappa shape index (κ3) is 2.84. The van der Waals surface area contributed by atoms with Crippen LogP contribution in [0.5, 0.6) is 5.75 Å². The second-order valence-electron chi connectivity index (χ2n) is 4.88. The average molecular weight is 331 g/mol. The first-order chi connectivity index (χ1) is 11.0. The van der Waals surface area contributed by atoms with Gasteiger partial charge in [-0.15, -0.1) is 0 Å². The first kappa shape index (κ1) is 14.9. The number of rotatable bonds is 3. The lowest BCUT2D eigenvalue weighted by Gasteiger charge is -2.05. The zero-order chi connectivity index (χ0) is 16.6. The first-order valence-electron chi connectivity index (χ1n) is 6.60. The molecular weight excluding hydrogens is 320 g/mol. The quantitative estimate of drug-likeness (QED) is 0.512. The van der Waals surface area contributed by atoms with Gasteiger partial charge < -0.3 is 20.8 Å². The monoisotopic (exact) mass is 330 g/mol. The van der Waals surface area contributed by atoms with Crippen LogP contribution in [0.3, 0.4) is 0 Å². The lowest BCUT2D eigenvalue weighted by Crippen LogP contribution is -2.05. The van der Waals surface area contributed by atoms with Gasteiger partial charge in [0.2, 0.25) is 0 Å². The van der Waals surface area contributed by atoms with E-state index in [4.69, 9.17) is 16.7 Å². The van der Waals surface area contributed by atoms with Crippen molar-refractivity contribution in [2.45, 2.75) is 0 Å². The summed E-state index contributed by atoms with van der Waals surface area (Å²) in [5.41, 5.74) is 1.90. The molecule has 0 spiro atoms. The Labute approximate surface area is 136 Å². The van der Waals surface area contributed by atoms with Crippen LogP contribution in [0.2, 0.25) is 5.02 Å². The maximum atomic E-state index is 12.0. The minimum Gasteiger partial charge on any atom is -0.507 e. The van der Waals surface area contributed by atoms with Crippen LogP contribution in [-0.2, 0) is 4.79 Å². The van der Waals surface area contributed by atoms with Gasteiger partial charge in [-0.25, -0.2) is 4.79 Å². The zero-order valence-corrected chi connectivity index (χ0v) is 12.4. The zero-order valence-electron chi connectivity index (χ0n) is 11.6. The van der Waals surface area contributed by atoms with Crippen molar-refractivity contribution in [1.29, 1.82) is 0 Å². The Morgan fingerprint density at radius 1 is 1.22 bits per heavy atom. The van der Waals surface area contributed by atoms with Crippen molar-refractivity contribution in [3.8, 4) is 5.75 Å². The molecule has 2 aromatic carbocycles. The van der Waals surface area contributed by atoms with Crippen LogP contribution in [0.1, 0.15) is 15.9 Å². The molecule has 0 bridgehead atoms. The van der Waals surface area contributed by atoms with Gasteiger partial charge in [0, 0.05) is 28.2 Å². The standard InChI is InChI=1S/C16H11ClN2O4/c17-8-1-3-13-10(5-8)12(15(21)19-13)7-18-9-2-4-14(20)11(6-9)16(22)23/h1-7,18,20H,(H,19,21)(H,22,23)/b12-7-. The lowest BCUT2D eigenvalue weighted by molar-refractivity contribution is -0.110.